The van der Waals surface area contributed by atoms with E-state index in [2.05, 4.69) is 10.6 Å². The summed E-state index contributed by atoms with van der Waals surface area (Å²) in [6.07, 6.45) is 6.46. The van der Waals surface area contributed by atoms with Gasteiger partial charge in [0, 0.05) is 18.2 Å². The highest BCUT2D eigenvalue weighted by molar-refractivity contribution is 5.99. The van der Waals surface area contributed by atoms with Crippen molar-refractivity contribution < 1.29 is 14.3 Å². The van der Waals surface area contributed by atoms with Crippen molar-refractivity contribution in [3.05, 3.63) is 29.3 Å². The number of hydrogen-bond acceptors (Lipinski definition) is 3. The van der Waals surface area contributed by atoms with E-state index in [1.807, 2.05) is 18.2 Å². The van der Waals surface area contributed by atoms with Gasteiger partial charge in [-0.05, 0) is 30.0 Å². The van der Waals surface area contributed by atoms with Crippen molar-refractivity contribution in [1.82, 2.24) is 5.32 Å². The van der Waals surface area contributed by atoms with Gasteiger partial charge in [-0.3, -0.25) is 4.79 Å². The van der Waals surface area contributed by atoms with Crippen molar-refractivity contribution >= 4 is 17.7 Å². The molecule has 1 heterocycles. The van der Waals surface area contributed by atoms with Gasteiger partial charge in [-0.1, -0.05) is 31.4 Å². The molecule has 1 saturated carbocycles. The summed E-state index contributed by atoms with van der Waals surface area (Å²) in [5.74, 6) is 0.0263. The molecule has 22 heavy (non-hydrogen) atoms. The highest BCUT2D eigenvalue weighted by Crippen LogP contribution is 2.26. The molecule has 5 heteroatoms. The molecule has 0 saturated heterocycles. The molecule has 1 aliphatic heterocycles. The Morgan fingerprint density at radius 2 is 2.09 bits per heavy atom. The van der Waals surface area contributed by atoms with Crippen molar-refractivity contribution in [1.29, 1.82) is 0 Å². The third-order valence-electron chi connectivity index (χ3n) is 4.42. The quantitative estimate of drug-likeness (QED) is 0.898. The fourth-order valence-corrected chi connectivity index (χ4v) is 3.26. The number of nitrogens with one attached hydrogen (secondary N) is 2. The van der Waals surface area contributed by atoms with Crippen LogP contribution in [0.3, 0.4) is 0 Å². The van der Waals surface area contributed by atoms with E-state index < -0.39 is 0 Å². The Bertz CT molecular complexity index is 565. The number of carbonyl (C=O) groups excluding carboxylic acids is 2. The Hall–Kier alpha value is -2.04. The van der Waals surface area contributed by atoms with Crippen molar-refractivity contribution in [2.45, 2.75) is 51.0 Å². The van der Waals surface area contributed by atoms with Crippen LogP contribution in [-0.2, 0) is 22.4 Å². The Balaban J connectivity index is 1.46. The molecular formula is C17H22N2O3. The molecule has 1 fully saturated rings. The van der Waals surface area contributed by atoms with Crippen LogP contribution >= 0.6 is 0 Å². The van der Waals surface area contributed by atoms with Crippen molar-refractivity contribution in [2.24, 2.45) is 0 Å². The summed E-state index contributed by atoms with van der Waals surface area (Å²) in [6.45, 7) is 0.337. The predicted octanol–water partition coefficient (Wildman–Crippen LogP) is 2.78. The molecular weight excluding hydrogens is 280 g/mol. The normalized spacial score (nSPS) is 17.7. The summed E-state index contributed by atoms with van der Waals surface area (Å²) in [6, 6.07) is 6.08. The summed E-state index contributed by atoms with van der Waals surface area (Å²) in [5, 5.41) is 5.77. The molecule has 2 amide bonds. The maximum absolute atomic E-state index is 11.8. The molecule has 3 rings (SSSR count). The first-order valence-electron chi connectivity index (χ1n) is 8.06. The van der Waals surface area contributed by atoms with Gasteiger partial charge >= 0.3 is 6.09 Å². The second kappa shape index (κ2) is 6.81. The number of fused-ring (bicyclic) bond motifs is 1. The van der Waals surface area contributed by atoms with Crippen LogP contribution in [0.15, 0.2) is 18.2 Å². The third-order valence-corrected chi connectivity index (χ3v) is 4.42. The third kappa shape index (κ3) is 3.59. The predicted molar refractivity (Wildman–Crippen MR) is 83.8 cm³/mol. The molecule has 118 valence electrons. The SMILES string of the molecule is O=C1Cc2c(CCOC(=O)NC3CCCCC3)cccc2N1. The van der Waals surface area contributed by atoms with Crippen molar-refractivity contribution in [3.8, 4) is 0 Å². The second-order valence-electron chi connectivity index (χ2n) is 6.03. The molecule has 0 aromatic heterocycles. The largest absolute Gasteiger partial charge is 0.449 e. The maximum atomic E-state index is 11.8. The number of amides is 2. The van der Waals surface area contributed by atoms with Crippen LogP contribution < -0.4 is 10.6 Å². The van der Waals surface area contributed by atoms with Gasteiger partial charge in [0.05, 0.1) is 13.0 Å². The average Bonchev–Trinajstić information content (AvgIpc) is 2.89. The molecule has 5 nitrogen and oxygen atoms in total. The van der Waals surface area contributed by atoms with Crippen molar-refractivity contribution in [2.75, 3.05) is 11.9 Å². The first kappa shape index (κ1) is 14.9. The van der Waals surface area contributed by atoms with Gasteiger partial charge < -0.3 is 15.4 Å². The fraction of sp³-hybridized carbons (Fsp3) is 0.529. The molecule has 0 radical (unpaired) electrons. The zero-order valence-corrected chi connectivity index (χ0v) is 12.7. The molecule has 0 unspecified atom stereocenters. The van der Waals surface area contributed by atoms with E-state index in [1.54, 1.807) is 0 Å². The Labute approximate surface area is 130 Å². The number of ether oxygens (including phenoxy) is 1. The lowest BCUT2D eigenvalue weighted by Gasteiger charge is -2.22. The summed E-state index contributed by atoms with van der Waals surface area (Å²) in [7, 11) is 0. The summed E-state index contributed by atoms with van der Waals surface area (Å²) in [4.78, 5) is 23.2. The molecule has 1 aliphatic carbocycles. The van der Waals surface area contributed by atoms with Crippen LogP contribution in [0.1, 0.15) is 43.2 Å². The summed E-state index contributed by atoms with van der Waals surface area (Å²) >= 11 is 0. The minimum atomic E-state index is -0.325. The van der Waals surface area contributed by atoms with E-state index in [0.717, 1.165) is 29.7 Å². The van der Waals surface area contributed by atoms with Crippen LogP contribution in [0.2, 0.25) is 0 Å². The smallest absolute Gasteiger partial charge is 0.407 e. The number of alkyl carbamates (subject to hydrolysis) is 1. The number of rotatable bonds is 4. The minimum absolute atomic E-state index is 0.0263. The van der Waals surface area contributed by atoms with Crippen LogP contribution in [0.5, 0.6) is 0 Å². The Morgan fingerprint density at radius 3 is 2.91 bits per heavy atom. The maximum Gasteiger partial charge on any atom is 0.407 e. The lowest BCUT2D eigenvalue weighted by molar-refractivity contribution is -0.115. The number of benzene rings is 1. The minimum Gasteiger partial charge on any atom is -0.449 e. The molecule has 2 aliphatic rings. The zero-order valence-electron chi connectivity index (χ0n) is 12.7. The number of hydrogen-bond donors (Lipinski definition) is 2. The first-order chi connectivity index (χ1) is 10.7. The average molecular weight is 302 g/mol. The molecule has 0 spiro atoms. The van der Waals surface area contributed by atoms with E-state index >= 15 is 0 Å². The van der Waals surface area contributed by atoms with Gasteiger partial charge in [-0.2, -0.15) is 0 Å². The van der Waals surface area contributed by atoms with E-state index in [-0.39, 0.29) is 18.0 Å². The highest BCUT2D eigenvalue weighted by atomic mass is 16.5. The zero-order chi connectivity index (χ0) is 15.4. The standard InChI is InChI=1S/C17H22N2O3/c20-16-11-14-12(5-4-8-15(14)19-16)9-10-22-17(21)18-13-6-2-1-3-7-13/h4-5,8,13H,1-3,6-7,9-11H2,(H,18,21)(H,19,20). The summed E-state index contributed by atoms with van der Waals surface area (Å²) in [5.41, 5.74) is 2.99. The Kier molecular flexibility index (Phi) is 4.61. The molecule has 0 bridgehead atoms. The van der Waals surface area contributed by atoms with Crippen molar-refractivity contribution in [3.63, 3.8) is 0 Å². The molecule has 1 aromatic rings. The second-order valence-corrected chi connectivity index (χ2v) is 6.03. The van der Waals surface area contributed by atoms with Gasteiger partial charge in [-0.25, -0.2) is 4.79 Å². The fourth-order valence-electron chi connectivity index (χ4n) is 3.26. The lowest BCUT2D eigenvalue weighted by Crippen LogP contribution is -2.36. The highest BCUT2D eigenvalue weighted by Gasteiger charge is 2.20. The van der Waals surface area contributed by atoms with E-state index in [9.17, 15) is 9.59 Å². The van der Waals surface area contributed by atoms with Gasteiger partial charge in [0.1, 0.15) is 0 Å². The van der Waals surface area contributed by atoms with Gasteiger partial charge in [0.15, 0.2) is 0 Å². The number of carbonyl (C=O) groups is 2. The first-order valence-corrected chi connectivity index (χ1v) is 8.06. The van der Waals surface area contributed by atoms with Gasteiger partial charge in [0.2, 0.25) is 5.91 Å². The molecule has 1 aromatic carbocycles. The van der Waals surface area contributed by atoms with Crippen LogP contribution in [-0.4, -0.2) is 24.6 Å². The van der Waals surface area contributed by atoms with E-state index in [1.165, 1.54) is 19.3 Å². The van der Waals surface area contributed by atoms with Crippen LogP contribution in [0, 0.1) is 0 Å². The molecule has 0 atom stereocenters. The number of anilines is 1. The van der Waals surface area contributed by atoms with E-state index in [0.29, 0.717) is 19.4 Å². The summed E-state index contributed by atoms with van der Waals surface area (Å²) < 4.78 is 5.28. The van der Waals surface area contributed by atoms with Crippen LogP contribution in [0.4, 0.5) is 10.5 Å². The molecule has 2 N–H and O–H groups in total. The van der Waals surface area contributed by atoms with Crippen LogP contribution in [0.25, 0.3) is 0 Å². The van der Waals surface area contributed by atoms with E-state index in [4.69, 9.17) is 4.74 Å². The van der Waals surface area contributed by atoms with Gasteiger partial charge in [0.25, 0.3) is 0 Å². The van der Waals surface area contributed by atoms with Gasteiger partial charge in [-0.15, -0.1) is 0 Å². The Morgan fingerprint density at radius 1 is 1.27 bits per heavy atom. The monoisotopic (exact) mass is 302 g/mol. The lowest BCUT2D eigenvalue weighted by atomic mass is 9.96. The topological polar surface area (TPSA) is 67.4 Å².